The molecule has 96 valence electrons. The molecule has 0 radical (unpaired) electrons. The average Bonchev–Trinajstić information content (AvgIpc) is 2.39. The van der Waals surface area contributed by atoms with E-state index in [2.05, 4.69) is 17.9 Å². The van der Waals surface area contributed by atoms with Gasteiger partial charge < -0.3 is 15.4 Å². The number of nitrogen functional groups attached to an aromatic ring is 1. The van der Waals surface area contributed by atoms with Gasteiger partial charge in [0.2, 0.25) is 0 Å². The summed E-state index contributed by atoms with van der Waals surface area (Å²) < 4.78 is 5.58. The Hall–Kier alpha value is -1.73. The number of methoxy groups -OCH3 is 1. The molecule has 1 saturated heterocycles. The van der Waals surface area contributed by atoms with Crippen molar-refractivity contribution in [3.63, 3.8) is 0 Å². The van der Waals surface area contributed by atoms with Crippen molar-refractivity contribution in [1.29, 1.82) is 5.26 Å². The van der Waals surface area contributed by atoms with E-state index in [4.69, 9.17) is 15.7 Å². The highest BCUT2D eigenvalue weighted by atomic mass is 16.5. The van der Waals surface area contributed by atoms with Crippen LogP contribution in [0.5, 0.6) is 0 Å². The number of anilines is 2. The first-order valence-electron chi connectivity index (χ1n) is 6.18. The highest BCUT2D eigenvalue weighted by Crippen LogP contribution is 2.29. The molecule has 1 fully saturated rings. The third kappa shape index (κ3) is 2.41. The standard InChI is InChI=1S/C14H19N3O/c1-14(18-2)6-3-7-17(10-14)12-5-4-11(9-15)13(16)8-12/h4-5,8H,3,6-7,10,16H2,1-2H3. The van der Waals surface area contributed by atoms with Crippen molar-refractivity contribution in [3.8, 4) is 6.07 Å². The van der Waals surface area contributed by atoms with Gasteiger partial charge in [0.05, 0.1) is 16.9 Å². The van der Waals surface area contributed by atoms with E-state index in [-0.39, 0.29) is 5.60 Å². The topological polar surface area (TPSA) is 62.3 Å². The van der Waals surface area contributed by atoms with E-state index in [1.54, 1.807) is 13.2 Å². The molecule has 0 aliphatic carbocycles. The third-order valence-electron chi connectivity index (χ3n) is 3.67. The Balaban J connectivity index is 2.22. The molecule has 0 bridgehead atoms. The van der Waals surface area contributed by atoms with Crippen LogP contribution in [0.25, 0.3) is 0 Å². The lowest BCUT2D eigenvalue weighted by Gasteiger charge is -2.40. The van der Waals surface area contributed by atoms with Gasteiger partial charge in [-0.2, -0.15) is 5.26 Å². The normalized spacial score (nSPS) is 23.7. The summed E-state index contributed by atoms with van der Waals surface area (Å²) in [7, 11) is 1.76. The SMILES string of the molecule is COC1(C)CCCN(c2ccc(C#N)c(N)c2)C1. The molecule has 0 spiro atoms. The number of ether oxygens (including phenoxy) is 1. The largest absolute Gasteiger partial charge is 0.398 e. The van der Waals surface area contributed by atoms with Crippen LogP contribution in [0.1, 0.15) is 25.3 Å². The lowest BCUT2D eigenvalue weighted by molar-refractivity contribution is -0.00465. The predicted molar refractivity (Wildman–Crippen MR) is 72.4 cm³/mol. The molecule has 1 aromatic rings. The van der Waals surface area contributed by atoms with E-state index in [9.17, 15) is 0 Å². The van der Waals surface area contributed by atoms with Crippen LogP contribution < -0.4 is 10.6 Å². The molecule has 1 aliphatic heterocycles. The Morgan fingerprint density at radius 2 is 2.28 bits per heavy atom. The molecule has 2 N–H and O–H groups in total. The Labute approximate surface area is 108 Å². The van der Waals surface area contributed by atoms with Crippen LogP contribution in [0.15, 0.2) is 18.2 Å². The molecule has 1 unspecified atom stereocenters. The number of hydrogen-bond acceptors (Lipinski definition) is 4. The van der Waals surface area contributed by atoms with Crippen molar-refractivity contribution < 1.29 is 4.74 Å². The lowest BCUT2D eigenvalue weighted by Crippen LogP contribution is -2.47. The molecule has 18 heavy (non-hydrogen) atoms. The first-order valence-corrected chi connectivity index (χ1v) is 6.18. The average molecular weight is 245 g/mol. The van der Waals surface area contributed by atoms with E-state index in [1.807, 2.05) is 12.1 Å². The van der Waals surface area contributed by atoms with E-state index in [0.29, 0.717) is 11.3 Å². The highest BCUT2D eigenvalue weighted by molar-refractivity contribution is 5.63. The maximum Gasteiger partial charge on any atom is 0.101 e. The van der Waals surface area contributed by atoms with Crippen LogP contribution in [0.4, 0.5) is 11.4 Å². The van der Waals surface area contributed by atoms with Crippen LogP contribution in [-0.2, 0) is 4.74 Å². The van der Waals surface area contributed by atoms with Crippen molar-refractivity contribution in [3.05, 3.63) is 23.8 Å². The van der Waals surface area contributed by atoms with Gasteiger partial charge in [-0.3, -0.25) is 0 Å². The number of benzene rings is 1. The van der Waals surface area contributed by atoms with E-state index in [0.717, 1.165) is 31.6 Å². The molecule has 1 aliphatic rings. The Bertz CT molecular complexity index is 480. The van der Waals surface area contributed by atoms with Crippen LogP contribution in [0.2, 0.25) is 0 Å². The van der Waals surface area contributed by atoms with E-state index >= 15 is 0 Å². The summed E-state index contributed by atoms with van der Waals surface area (Å²) in [5.41, 5.74) is 7.90. The highest BCUT2D eigenvalue weighted by Gasteiger charge is 2.30. The van der Waals surface area contributed by atoms with Crippen molar-refractivity contribution in [2.24, 2.45) is 0 Å². The molecule has 1 atom stereocenters. The minimum absolute atomic E-state index is 0.0963. The summed E-state index contributed by atoms with van der Waals surface area (Å²) in [6.07, 6.45) is 2.18. The Kier molecular flexibility index (Phi) is 3.44. The molecule has 1 aromatic carbocycles. The second-order valence-corrected chi connectivity index (χ2v) is 5.06. The van der Waals surface area contributed by atoms with Gasteiger partial charge in [0.25, 0.3) is 0 Å². The summed E-state index contributed by atoms with van der Waals surface area (Å²) in [6, 6.07) is 7.70. The van der Waals surface area contributed by atoms with Gasteiger partial charge in [0.1, 0.15) is 6.07 Å². The van der Waals surface area contributed by atoms with Crippen molar-refractivity contribution >= 4 is 11.4 Å². The molecule has 4 nitrogen and oxygen atoms in total. The van der Waals surface area contributed by atoms with Gasteiger partial charge in [-0.1, -0.05) is 0 Å². The van der Waals surface area contributed by atoms with Gasteiger partial charge in [-0.05, 0) is 38.0 Å². The van der Waals surface area contributed by atoms with Crippen molar-refractivity contribution in [2.45, 2.75) is 25.4 Å². The first-order chi connectivity index (χ1) is 8.58. The number of hydrogen-bond donors (Lipinski definition) is 1. The van der Waals surface area contributed by atoms with E-state index in [1.165, 1.54) is 0 Å². The van der Waals surface area contributed by atoms with Gasteiger partial charge in [-0.15, -0.1) is 0 Å². The zero-order valence-corrected chi connectivity index (χ0v) is 10.9. The molecular weight excluding hydrogens is 226 g/mol. The zero-order chi connectivity index (χ0) is 13.2. The molecule has 0 aromatic heterocycles. The quantitative estimate of drug-likeness (QED) is 0.811. The number of piperidine rings is 1. The minimum Gasteiger partial charge on any atom is -0.398 e. The third-order valence-corrected chi connectivity index (χ3v) is 3.67. The molecule has 0 saturated carbocycles. The summed E-state index contributed by atoms with van der Waals surface area (Å²) in [5.74, 6) is 0. The molecule has 4 heteroatoms. The van der Waals surface area contributed by atoms with E-state index < -0.39 is 0 Å². The molecular formula is C14H19N3O. The Morgan fingerprint density at radius 3 is 2.89 bits per heavy atom. The maximum absolute atomic E-state index is 8.88. The number of rotatable bonds is 2. The number of nitrogens with zero attached hydrogens (tertiary/aromatic N) is 2. The van der Waals surface area contributed by atoms with Gasteiger partial charge >= 0.3 is 0 Å². The zero-order valence-electron chi connectivity index (χ0n) is 10.9. The fourth-order valence-electron chi connectivity index (χ4n) is 2.44. The van der Waals surface area contributed by atoms with Crippen LogP contribution in [0, 0.1) is 11.3 Å². The number of nitriles is 1. The monoisotopic (exact) mass is 245 g/mol. The van der Waals surface area contributed by atoms with Gasteiger partial charge in [0, 0.05) is 25.9 Å². The smallest absolute Gasteiger partial charge is 0.101 e. The van der Waals surface area contributed by atoms with Crippen LogP contribution >= 0.6 is 0 Å². The second kappa shape index (κ2) is 4.87. The fraction of sp³-hybridized carbons (Fsp3) is 0.500. The summed E-state index contributed by atoms with van der Waals surface area (Å²) in [6.45, 7) is 3.99. The first kappa shape index (κ1) is 12.7. The fourth-order valence-corrected chi connectivity index (χ4v) is 2.44. The Morgan fingerprint density at radius 1 is 1.50 bits per heavy atom. The number of nitrogens with two attached hydrogens (primary N) is 1. The van der Waals surface area contributed by atoms with Crippen molar-refractivity contribution in [1.82, 2.24) is 0 Å². The van der Waals surface area contributed by atoms with Crippen LogP contribution in [0.3, 0.4) is 0 Å². The van der Waals surface area contributed by atoms with Crippen molar-refractivity contribution in [2.75, 3.05) is 30.8 Å². The molecule has 2 rings (SSSR count). The van der Waals surface area contributed by atoms with Gasteiger partial charge in [-0.25, -0.2) is 0 Å². The summed E-state index contributed by atoms with van der Waals surface area (Å²) in [4.78, 5) is 2.27. The van der Waals surface area contributed by atoms with Gasteiger partial charge in [0.15, 0.2) is 0 Å². The predicted octanol–water partition coefficient (Wildman–Crippen LogP) is 2.15. The van der Waals surface area contributed by atoms with Crippen LogP contribution in [-0.4, -0.2) is 25.8 Å². The lowest BCUT2D eigenvalue weighted by atomic mass is 9.94. The maximum atomic E-state index is 8.88. The molecule has 1 heterocycles. The molecule has 0 amide bonds. The summed E-state index contributed by atoms with van der Waals surface area (Å²) in [5, 5.41) is 8.88. The minimum atomic E-state index is -0.0963. The second-order valence-electron chi connectivity index (χ2n) is 5.06. The summed E-state index contributed by atoms with van der Waals surface area (Å²) >= 11 is 0.